The average molecular weight is 197 g/mol. The smallest absolute Gasteiger partial charge is 0.0235 e. The fourth-order valence-electron chi connectivity index (χ4n) is 2.76. The lowest BCUT2D eigenvalue weighted by atomic mass is 9.96. The minimum absolute atomic E-state index is 0.797. The van der Waals surface area contributed by atoms with Crippen LogP contribution in [0.5, 0.6) is 0 Å². The van der Waals surface area contributed by atoms with E-state index in [9.17, 15) is 0 Å². The molecule has 0 bridgehead atoms. The molecule has 2 N–H and O–H groups in total. The van der Waals surface area contributed by atoms with Crippen molar-refractivity contribution in [3.63, 3.8) is 0 Å². The van der Waals surface area contributed by atoms with Gasteiger partial charge in [-0.15, -0.1) is 0 Å². The normalized spacial score (nSPS) is 32.6. The Morgan fingerprint density at radius 3 is 2.36 bits per heavy atom. The molecule has 0 amide bonds. The van der Waals surface area contributed by atoms with Crippen LogP contribution >= 0.6 is 0 Å². The highest BCUT2D eigenvalue weighted by atomic mass is 15.2. The second-order valence-corrected chi connectivity index (χ2v) is 4.92. The van der Waals surface area contributed by atoms with Gasteiger partial charge >= 0.3 is 0 Å². The fourth-order valence-corrected chi connectivity index (χ4v) is 2.76. The zero-order chi connectivity index (χ0) is 9.97. The van der Waals surface area contributed by atoms with E-state index in [-0.39, 0.29) is 0 Å². The number of rotatable bonds is 2. The van der Waals surface area contributed by atoms with Crippen molar-refractivity contribution in [2.75, 3.05) is 39.8 Å². The molecule has 1 unspecified atom stereocenters. The molecule has 0 radical (unpaired) electrons. The predicted molar refractivity (Wildman–Crippen MR) is 59.3 cm³/mol. The lowest BCUT2D eigenvalue weighted by Crippen LogP contribution is -2.43. The fraction of sp³-hybridized carbons (Fsp3) is 1.00. The van der Waals surface area contributed by atoms with Crippen molar-refractivity contribution in [2.45, 2.75) is 25.3 Å². The van der Waals surface area contributed by atoms with Crippen LogP contribution in [0.3, 0.4) is 0 Å². The second-order valence-electron chi connectivity index (χ2n) is 4.92. The SMILES string of the molecule is CN1CCC(N2CCC(CN)CC2)C1. The molecule has 82 valence electrons. The van der Waals surface area contributed by atoms with E-state index in [4.69, 9.17) is 5.73 Å². The lowest BCUT2D eigenvalue weighted by molar-refractivity contribution is 0.137. The minimum Gasteiger partial charge on any atom is -0.330 e. The van der Waals surface area contributed by atoms with Crippen LogP contribution < -0.4 is 5.73 Å². The van der Waals surface area contributed by atoms with Gasteiger partial charge in [0.2, 0.25) is 0 Å². The number of nitrogens with zero attached hydrogens (tertiary/aromatic N) is 2. The molecule has 0 aromatic rings. The molecule has 2 saturated heterocycles. The maximum Gasteiger partial charge on any atom is 0.0235 e. The average Bonchev–Trinajstić information content (AvgIpc) is 2.65. The molecule has 2 fully saturated rings. The first-order chi connectivity index (χ1) is 6.79. The highest BCUT2D eigenvalue weighted by Gasteiger charge is 2.28. The third-order valence-corrected chi connectivity index (χ3v) is 3.87. The first kappa shape index (κ1) is 10.4. The van der Waals surface area contributed by atoms with Crippen LogP contribution in [-0.2, 0) is 0 Å². The van der Waals surface area contributed by atoms with Crippen LogP contribution in [0, 0.1) is 5.92 Å². The Kier molecular flexibility index (Phi) is 3.42. The van der Waals surface area contributed by atoms with Crippen molar-refractivity contribution >= 4 is 0 Å². The van der Waals surface area contributed by atoms with Gasteiger partial charge in [0.15, 0.2) is 0 Å². The third-order valence-electron chi connectivity index (χ3n) is 3.87. The summed E-state index contributed by atoms with van der Waals surface area (Å²) in [5, 5.41) is 0. The quantitative estimate of drug-likeness (QED) is 0.694. The molecule has 3 nitrogen and oxygen atoms in total. The van der Waals surface area contributed by atoms with Crippen LogP contribution in [0.4, 0.5) is 0 Å². The van der Waals surface area contributed by atoms with E-state index < -0.39 is 0 Å². The van der Waals surface area contributed by atoms with Gasteiger partial charge in [-0.2, -0.15) is 0 Å². The van der Waals surface area contributed by atoms with E-state index in [1.165, 1.54) is 45.4 Å². The molecule has 0 aliphatic carbocycles. The molecule has 0 saturated carbocycles. The first-order valence-electron chi connectivity index (χ1n) is 5.92. The zero-order valence-electron chi connectivity index (χ0n) is 9.28. The van der Waals surface area contributed by atoms with E-state index in [2.05, 4.69) is 16.8 Å². The molecule has 1 atom stereocenters. The summed E-state index contributed by atoms with van der Waals surface area (Å²) in [7, 11) is 2.23. The second kappa shape index (κ2) is 4.60. The van der Waals surface area contributed by atoms with Gasteiger partial charge < -0.3 is 10.6 Å². The first-order valence-corrected chi connectivity index (χ1v) is 5.92. The Bertz CT molecular complexity index is 175. The summed E-state index contributed by atoms with van der Waals surface area (Å²) < 4.78 is 0. The summed E-state index contributed by atoms with van der Waals surface area (Å²) in [5.74, 6) is 0.797. The van der Waals surface area contributed by atoms with Crippen LogP contribution in [-0.4, -0.2) is 55.6 Å². The highest BCUT2D eigenvalue weighted by Crippen LogP contribution is 2.21. The van der Waals surface area contributed by atoms with Crippen molar-refractivity contribution in [3.8, 4) is 0 Å². The van der Waals surface area contributed by atoms with Gasteiger partial charge in [0.05, 0.1) is 0 Å². The summed E-state index contributed by atoms with van der Waals surface area (Å²) >= 11 is 0. The Morgan fingerprint density at radius 2 is 1.86 bits per heavy atom. The van der Waals surface area contributed by atoms with Crippen molar-refractivity contribution in [2.24, 2.45) is 11.7 Å². The number of likely N-dealkylation sites (tertiary alicyclic amines) is 2. The molecule has 0 aromatic carbocycles. The maximum atomic E-state index is 5.70. The monoisotopic (exact) mass is 197 g/mol. The Hall–Kier alpha value is -0.120. The van der Waals surface area contributed by atoms with Gasteiger partial charge in [-0.25, -0.2) is 0 Å². The molecule has 14 heavy (non-hydrogen) atoms. The van der Waals surface area contributed by atoms with Crippen LogP contribution in [0.25, 0.3) is 0 Å². The zero-order valence-corrected chi connectivity index (χ0v) is 9.28. The van der Waals surface area contributed by atoms with Gasteiger partial charge in [0, 0.05) is 12.6 Å². The largest absolute Gasteiger partial charge is 0.330 e. The third kappa shape index (κ3) is 2.27. The molecule has 2 heterocycles. The number of piperidine rings is 1. The van der Waals surface area contributed by atoms with Crippen LogP contribution in [0.1, 0.15) is 19.3 Å². The van der Waals surface area contributed by atoms with Crippen molar-refractivity contribution in [3.05, 3.63) is 0 Å². The van der Waals surface area contributed by atoms with Gasteiger partial charge in [0.1, 0.15) is 0 Å². The van der Waals surface area contributed by atoms with E-state index in [0.29, 0.717) is 0 Å². The molecule has 2 aliphatic rings. The molecular weight excluding hydrogens is 174 g/mol. The summed E-state index contributed by atoms with van der Waals surface area (Å²) in [4.78, 5) is 5.12. The number of hydrogen-bond donors (Lipinski definition) is 1. The molecular formula is C11H23N3. The van der Waals surface area contributed by atoms with Crippen molar-refractivity contribution < 1.29 is 0 Å². The molecule has 0 spiro atoms. The maximum absolute atomic E-state index is 5.70. The van der Waals surface area contributed by atoms with Crippen molar-refractivity contribution in [1.82, 2.24) is 9.80 Å². The van der Waals surface area contributed by atoms with E-state index in [1.54, 1.807) is 0 Å². The molecule has 0 aromatic heterocycles. The Labute approximate surface area is 87.2 Å². The molecule has 2 rings (SSSR count). The summed E-state index contributed by atoms with van der Waals surface area (Å²) in [6.45, 7) is 5.99. The Morgan fingerprint density at radius 1 is 1.14 bits per heavy atom. The predicted octanol–water partition coefficient (Wildman–Crippen LogP) is 0.361. The molecule has 2 aliphatic heterocycles. The highest BCUT2D eigenvalue weighted by molar-refractivity contribution is 4.84. The number of hydrogen-bond acceptors (Lipinski definition) is 3. The van der Waals surface area contributed by atoms with E-state index in [1.807, 2.05) is 0 Å². The number of nitrogens with two attached hydrogens (primary N) is 1. The lowest BCUT2D eigenvalue weighted by Gasteiger charge is -2.35. The van der Waals surface area contributed by atoms with Crippen molar-refractivity contribution in [1.29, 1.82) is 0 Å². The minimum atomic E-state index is 0.797. The topological polar surface area (TPSA) is 32.5 Å². The van der Waals surface area contributed by atoms with Gasteiger partial charge in [-0.05, 0) is 58.4 Å². The van der Waals surface area contributed by atoms with Gasteiger partial charge in [-0.3, -0.25) is 4.90 Å². The van der Waals surface area contributed by atoms with Crippen LogP contribution in [0.2, 0.25) is 0 Å². The van der Waals surface area contributed by atoms with Gasteiger partial charge in [-0.1, -0.05) is 0 Å². The van der Waals surface area contributed by atoms with E-state index in [0.717, 1.165) is 18.5 Å². The standard InChI is InChI=1S/C11H23N3/c1-13-5-4-11(9-13)14-6-2-10(8-12)3-7-14/h10-11H,2-9,12H2,1H3. The summed E-state index contributed by atoms with van der Waals surface area (Å²) in [5.41, 5.74) is 5.70. The summed E-state index contributed by atoms with van der Waals surface area (Å²) in [6.07, 6.45) is 4.00. The molecule has 3 heteroatoms. The van der Waals surface area contributed by atoms with E-state index >= 15 is 0 Å². The number of likely N-dealkylation sites (N-methyl/N-ethyl adjacent to an activating group) is 1. The Balaban J connectivity index is 1.78. The summed E-state index contributed by atoms with van der Waals surface area (Å²) in [6, 6.07) is 0.832. The van der Waals surface area contributed by atoms with Crippen LogP contribution in [0.15, 0.2) is 0 Å². The van der Waals surface area contributed by atoms with Gasteiger partial charge in [0.25, 0.3) is 0 Å².